The first-order chi connectivity index (χ1) is 10.2. The number of benzene rings is 1. The van der Waals surface area contributed by atoms with Gasteiger partial charge in [0.15, 0.2) is 0 Å². The molecule has 2 aromatic rings. The van der Waals surface area contributed by atoms with Crippen LogP contribution in [0.4, 0.5) is 0 Å². The average Bonchev–Trinajstić information content (AvgIpc) is 2.93. The SMILES string of the molecule is COc1ccc(C=NNC(=O)c2[nH]ncc2I)c(OC)c1. The number of hydrazone groups is 1. The van der Waals surface area contributed by atoms with E-state index < -0.39 is 0 Å². The minimum absolute atomic E-state index is 0.361. The van der Waals surface area contributed by atoms with Crippen molar-refractivity contribution in [1.29, 1.82) is 0 Å². The maximum absolute atomic E-state index is 11.8. The topological polar surface area (TPSA) is 88.6 Å². The number of carbonyl (C=O) groups excluding carboxylic acids is 1. The number of amides is 1. The van der Waals surface area contributed by atoms with Crippen molar-refractivity contribution in [3.05, 3.63) is 39.2 Å². The molecule has 2 N–H and O–H groups in total. The summed E-state index contributed by atoms with van der Waals surface area (Å²) < 4.78 is 11.1. The third-order valence-corrected chi connectivity index (χ3v) is 3.45. The molecule has 0 saturated heterocycles. The molecule has 7 nitrogen and oxygen atoms in total. The van der Waals surface area contributed by atoms with E-state index >= 15 is 0 Å². The molecule has 1 amide bonds. The lowest BCUT2D eigenvalue weighted by Gasteiger charge is -2.06. The normalized spacial score (nSPS) is 10.6. The van der Waals surface area contributed by atoms with Crippen LogP contribution >= 0.6 is 22.6 Å². The zero-order valence-corrected chi connectivity index (χ0v) is 13.5. The fraction of sp³-hybridized carbons (Fsp3) is 0.154. The van der Waals surface area contributed by atoms with Gasteiger partial charge in [-0.25, -0.2) is 5.43 Å². The van der Waals surface area contributed by atoms with Crippen LogP contribution in [0.1, 0.15) is 16.1 Å². The van der Waals surface area contributed by atoms with Gasteiger partial charge in [0.25, 0.3) is 5.91 Å². The van der Waals surface area contributed by atoms with Gasteiger partial charge in [-0.1, -0.05) is 0 Å². The number of aromatic amines is 1. The lowest BCUT2D eigenvalue weighted by atomic mass is 10.2. The average molecular weight is 400 g/mol. The number of nitrogens with one attached hydrogen (secondary N) is 2. The molecule has 8 heteroatoms. The number of methoxy groups -OCH3 is 2. The van der Waals surface area contributed by atoms with E-state index in [1.165, 1.54) is 6.21 Å². The van der Waals surface area contributed by atoms with E-state index in [9.17, 15) is 4.79 Å². The quantitative estimate of drug-likeness (QED) is 0.455. The highest BCUT2D eigenvalue weighted by Gasteiger charge is 2.10. The number of aromatic nitrogens is 2. The smallest absolute Gasteiger partial charge is 0.290 e. The molecule has 0 atom stereocenters. The highest BCUT2D eigenvalue weighted by atomic mass is 127. The van der Waals surface area contributed by atoms with E-state index in [4.69, 9.17) is 9.47 Å². The number of rotatable bonds is 5. The van der Waals surface area contributed by atoms with Gasteiger partial charge >= 0.3 is 0 Å². The summed E-state index contributed by atoms with van der Waals surface area (Å²) in [4.78, 5) is 11.8. The van der Waals surface area contributed by atoms with Crippen molar-refractivity contribution in [2.45, 2.75) is 0 Å². The fourth-order valence-corrected chi connectivity index (χ4v) is 2.08. The molecular weight excluding hydrogens is 387 g/mol. The van der Waals surface area contributed by atoms with Crippen molar-refractivity contribution in [1.82, 2.24) is 15.6 Å². The van der Waals surface area contributed by atoms with E-state index in [1.54, 1.807) is 38.6 Å². The van der Waals surface area contributed by atoms with Gasteiger partial charge in [-0.2, -0.15) is 10.2 Å². The fourth-order valence-electron chi connectivity index (χ4n) is 1.57. The third-order valence-electron chi connectivity index (χ3n) is 2.63. The first-order valence-electron chi connectivity index (χ1n) is 5.90. The van der Waals surface area contributed by atoms with Crippen LogP contribution in [0.25, 0.3) is 0 Å². The highest BCUT2D eigenvalue weighted by molar-refractivity contribution is 14.1. The summed E-state index contributed by atoms with van der Waals surface area (Å²) in [5, 5.41) is 10.3. The van der Waals surface area contributed by atoms with E-state index in [0.29, 0.717) is 17.2 Å². The summed E-state index contributed by atoms with van der Waals surface area (Å²) in [6.07, 6.45) is 3.06. The van der Waals surface area contributed by atoms with Crippen molar-refractivity contribution < 1.29 is 14.3 Å². The van der Waals surface area contributed by atoms with E-state index in [2.05, 4.69) is 20.7 Å². The van der Waals surface area contributed by atoms with Crippen LogP contribution in [0.15, 0.2) is 29.5 Å². The molecular formula is C13H13IN4O3. The van der Waals surface area contributed by atoms with Gasteiger partial charge in [-0.05, 0) is 34.7 Å². The van der Waals surface area contributed by atoms with Gasteiger partial charge in [0.05, 0.1) is 30.2 Å². The highest BCUT2D eigenvalue weighted by Crippen LogP contribution is 2.22. The number of halogens is 1. The number of ether oxygens (including phenoxy) is 2. The Bertz CT molecular complexity index is 669. The van der Waals surface area contributed by atoms with Crippen LogP contribution in [0.5, 0.6) is 11.5 Å². The third kappa shape index (κ3) is 3.72. The molecule has 1 heterocycles. The zero-order chi connectivity index (χ0) is 15.2. The monoisotopic (exact) mass is 400 g/mol. The van der Waals surface area contributed by atoms with Crippen LogP contribution in [-0.2, 0) is 0 Å². The summed E-state index contributed by atoms with van der Waals surface area (Å²) in [7, 11) is 3.13. The Morgan fingerprint density at radius 3 is 2.86 bits per heavy atom. The number of nitrogens with zero attached hydrogens (tertiary/aromatic N) is 2. The van der Waals surface area contributed by atoms with Gasteiger partial charge in [0.2, 0.25) is 0 Å². The predicted molar refractivity (Wildman–Crippen MR) is 85.9 cm³/mol. The molecule has 0 unspecified atom stereocenters. The van der Waals surface area contributed by atoms with Crippen LogP contribution < -0.4 is 14.9 Å². The molecule has 0 aliphatic heterocycles. The number of H-pyrrole nitrogens is 1. The molecule has 0 aliphatic rings. The molecule has 0 spiro atoms. The van der Waals surface area contributed by atoms with Crippen molar-refractivity contribution in [3.63, 3.8) is 0 Å². The Kier molecular flexibility index (Phi) is 5.14. The second kappa shape index (κ2) is 7.07. The van der Waals surface area contributed by atoms with Gasteiger partial charge in [0.1, 0.15) is 17.2 Å². The van der Waals surface area contributed by atoms with Gasteiger partial charge in [-0.3, -0.25) is 9.89 Å². The van der Waals surface area contributed by atoms with Crippen LogP contribution in [0, 0.1) is 3.57 Å². The Balaban J connectivity index is 2.08. The Hall–Kier alpha value is -2.10. The number of carbonyl (C=O) groups is 1. The summed E-state index contributed by atoms with van der Waals surface area (Å²) in [5.74, 6) is 0.921. The summed E-state index contributed by atoms with van der Waals surface area (Å²) >= 11 is 2.01. The molecule has 0 fully saturated rings. The first kappa shape index (κ1) is 15.3. The van der Waals surface area contributed by atoms with Crippen molar-refractivity contribution in [2.75, 3.05) is 14.2 Å². The van der Waals surface area contributed by atoms with E-state index in [-0.39, 0.29) is 5.91 Å². The maximum atomic E-state index is 11.8. The summed E-state index contributed by atoms with van der Waals surface area (Å²) in [6.45, 7) is 0. The van der Waals surface area contributed by atoms with E-state index in [1.807, 2.05) is 22.6 Å². The lowest BCUT2D eigenvalue weighted by Crippen LogP contribution is -2.19. The summed E-state index contributed by atoms with van der Waals surface area (Å²) in [5.41, 5.74) is 3.51. The Morgan fingerprint density at radius 1 is 1.43 bits per heavy atom. The van der Waals surface area contributed by atoms with Crippen LogP contribution in [0.2, 0.25) is 0 Å². The zero-order valence-electron chi connectivity index (χ0n) is 11.4. The second-order valence-corrected chi connectivity index (χ2v) is 5.06. The predicted octanol–water partition coefficient (Wildman–Crippen LogP) is 1.80. The first-order valence-corrected chi connectivity index (χ1v) is 6.98. The number of hydrogen-bond donors (Lipinski definition) is 2. The van der Waals surface area contributed by atoms with Gasteiger partial charge in [0, 0.05) is 11.6 Å². The Labute approximate surface area is 134 Å². The molecule has 0 radical (unpaired) electrons. The molecule has 2 rings (SSSR count). The molecule has 110 valence electrons. The number of hydrogen-bond acceptors (Lipinski definition) is 5. The molecule has 0 aliphatic carbocycles. The van der Waals surface area contributed by atoms with Crippen LogP contribution in [0.3, 0.4) is 0 Å². The minimum Gasteiger partial charge on any atom is -0.497 e. The van der Waals surface area contributed by atoms with Gasteiger partial charge < -0.3 is 9.47 Å². The maximum Gasteiger partial charge on any atom is 0.290 e. The van der Waals surface area contributed by atoms with E-state index in [0.717, 1.165) is 9.13 Å². The second-order valence-electron chi connectivity index (χ2n) is 3.90. The molecule has 1 aromatic heterocycles. The minimum atomic E-state index is -0.361. The lowest BCUT2D eigenvalue weighted by molar-refractivity contribution is 0.0949. The van der Waals surface area contributed by atoms with Crippen molar-refractivity contribution in [3.8, 4) is 11.5 Å². The standard InChI is InChI=1S/C13H13IN4O3/c1-20-9-4-3-8(11(5-9)21-2)6-15-18-13(19)12-10(14)7-16-17-12/h3-7H,1-2H3,(H,16,17)(H,18,19). The van der Waals surface area contributed by atoms with Gasteiger partial charge in [-0.15, -0.1) is 0 Å². The van der Waals surface area contributed by atoms with Crippen molar-refractivity contribution in [2.24, 2.45) is 5.10 Å². The largest absolute Gasteiger partial charge is 0.497 e. The molecule has 0 saturated carbocycles. The van der Waals surface area contributed by atoms with Crippen molar-refractivity contribution >= 4 is 34.7 Å². The molecule has 1 aromatic carbocycles. The molecule has 21 heavy (non-hydrogen) atoms. The molecule has 0 bridgehead atoms. The van der Waals surface area contributed by atoms with Crippen LogP contribution in [-0.4, -0.2) is 36.5 Å². The summed E-state index contributed by atoms with van der Waals surface area (Å²) in [6, 6.07) is 5.30. The Morgan fingerprint density at radius 2 is 2.24 bits per heavy atom.